The van der Waals surface area contributed by atoms with E-state index in [0.29, 0.717) is 11.6 Å². The van der Waals surface area contributed by atoms with E-state index >= 15 is 0 Å². The molecular weight excluding hydrogens is 224 g/mol. The van der Waals surface area contributed by atoms with Gasteiger partial charge in [0.15, 0.2) is 0 Å². The minimum absolute atomic E-state index is 0.0608. The van der Waals surface area contributed by atoms with Crippen molar-refractivity contribution in [3.8, 4) is 0 Å². The molecular formula is C15H30N2O. The van der Waals surface area contributed by atoms with Crippen LogP contribution in [0.5, 0.6) is 0 Å². The third-order valence-corrected chi connectivity index (χ3v) is 4.69. The summed E-state index contributed by atoms with van der Waals surface area (Å²) in [7, 11) is 0. The first-order chi connectivity index (χ1) is 8.44. The summed E-state index contributed by atoms with van der Waals surface area (Å²) in [5.74, 6) is 0. The average molecular weight is 254 g/mol. The molecule has 0 aromatic carbocycles. The Morgan fingerprint density at radius 2 is 2.11 bits per heavy atom. The second-order valence-corrected chi connectivity index (χ2v) is 6.92. The number of hydrogen-bond acceptors (Lipinski definition) is 3. The Kier molecular flexibility index (Phi) is 4.35. The van der Waals surface area contributed by atoms with E-state index in [4.69, 9.17) is 4.74 Å². The molecule has 2 saturated heterocycles. The Bertz CT molecular complexity index is 280. The standard InChI is InChI=1S/C15H30N2O/c1-5-15(4)12-17(9-6-8-16-15)13-7-10-18-14(2,3)11-13/h13,16H,5-12H2,1-4H3. The van der Waals surface area contributed by atoms with Crippen molar-refractivity contribution in [1.29, 1.82) is 0 Å². The highest BCUT2D eigenvalue weighted by Crippen LogP contribution is 2.29. The van der Waals surface area contributed by atoms with Crippen LogP contribution in [0.2, 0.25) is 0 Å². The van der Waals surface area contributed by atoms with Gasteiger partial charge in [0, 0.05) is 24.7 Å². The van der Waals surface area contributed by atoms with Gasteiger partial charge in [-0.05, 0) is 59.5 Å². The van der Waals surface area contributed by atoms with Crippen LogP contribution in [-0.4, -0.2) is 48.3 Å². The van der Waals surface area contributed by atoms with Crippen molar-refractivity contribution in [2.24, 2.45) is 0 Å². The Morgan fingerprint density at radius 3 is 2.78 bits per heavy atom. The fourth-order valence-corrected chi connectivity index (χ4v) is 3.32. The van der Waals surface area contributed by atoms with E-state index in [0.717, 1.165) is 13.2 Å². The van der Waals surface area contributed by atoms with Crippen LogP contribution in [0.4, 0.5) is 0 Å². The van der Waals surface area contributed by atoms with Crippen LogP contribution >= 0.6 is 0 Å². The molecule has 0 aromatic rings. The summed E-state index contributed by atoms with van der Waals surface area (Å²) in [4.78, 5) is 2.72. The number of nitrogens with zero attached hydrogens (tertiary/aromatic N) is 1. The first-order valence-electron chi connectivity index (χ1n) is 7.57. The van der Waals surface area contributed by atoms with Crippen molar-refractivity contribution < 1.29 is 4.74 Å². The molecule has 0 saturated carbocycles. The zero-order valence-corrected chi connectivity index (χ0v) is 12.6. The van der Waals surface area contributed by atoms with E-state index in [2.05, 4.69) is 37.9 Å². The summed E-state index contributed by atoms with van der Waals surface area (Å²) >= 11 is 0. The van der Waals surface area contributed by atoms with Gasteiger partial charge in [-0.25, -0.2) is 0 Å². The van der Waals surface area contributed by atoms with E-state index in [9.17, 15) is 0 Å². The Balaban J connectivity index is 2.02. The van der Waals surface area contributed by atoms with Crippen molar-refractivity contribution in [3.63, 3.8) is 0 Å². The van der Waals surface area contributed by atoms with Gasteiger partial charge in [-0.15, -0.1) is 0 Å². The van der Waals surface area contributed by atoms with Gasteiger partial charge >= 0.3 is 0 Å². The van der Waals surface area contributed by atoms with Crippen molar-refractivity contribution in [2.45, 2.75) is 70.6 Å². The first kappa shape index (κ1) is 14.3. The highest BCUT2D eigenvalue weighted by molar-refractivity contribution is 4.93. The highest BCUT2D eigenvalue weighted by Gasteiger charge is 2.36. The molecule has 3 nitrogen and oxygen atoms in total. The predicted octanol–water partition coefficient (Wildman–Crippen LogP) is 2.41. The summed E-state index contributed by atoms with van der Waals surface area (Å²) in [6, 6.07) is 0.708. The lowest BCUT2D eigenvalue weighted by molar-refractivity contribution is -0.0847. The largest absolute Gasteiger partial charge is 0.375 e. The molecule has 2 unspecified atom stereocenters. The van der Waals surface area contributed by atoms with Crippen LogP contribution in [0.25, 0.3) is 0 Å². The second kappa shape index (κ2) is 5.48. The van der Waals surface area contributed by atoms with Crippen LogP contribution in [0.15, 0.2) is 0 Å². The van der Waals surface area contributed by atoms with Gasteiger partial charge in [0.05, 0.1) is 5.60 Å². The highest BCUT2D eigenvalue weighted by atomic mass is 16.5. The quantitative estimate of drug-likeness (QED) is 0.819. The molecule has 106 valence electrons. The van der Waals surface area contributed by atoms with Gasteiger partial charge in [-0.3, -0.25) is 4.90 Å². The molecule has 0 bridgehead atoms. The van der Waals surface area contributed by atoms with Gasteiger partial charge < -0.3 is 10.1 Å². The third-order valence-electron chi connectivity index (χ3n) is 4.69. The molecule has 2 heterocycles. The minimum atomic E-state index is 0.0608. The monoisotopic (exact) mass is 254 g/mol. The maximum Gasteiger partial charge on any atom is 0.0641 e. The van der Waals surface area contributed by atoms with Crippen molar-refractivity contribution in [3.05, 3.63) is 0 Å². The maximum atomic E-state index is 5.85. The van der Waals surface area contributed by atoms with Crippen LogP contribution < -0.4 is 5.32 Å². The Hall–Kier alpha value is -0.120. The van der Waals surface area contributed by atoms with E-state index in [1.54, 1.807) is 0 Å². The smallest absolute Gasteiger partial charge is 0.0641 e. The topological polar surface area (TPSA) is 24.5 Å². The molecule has 0 radical (unpaired) electrons. The van der Waals surface area contributed by atoms with Crippen LogP contribution in [0.1, 0.15) is 53.4 Å². The molecule has 0 spiro atoms. The van der Waals surface area contributed by atoms with E-state index < -0.39 is 0 Å². The summed E-state index contributed by atoms with van der Waals surface area (Å²) < 4.78 is 5.85. The van der Waals surface area contributed by atoms with E-state index in [-0.39, 0.29) is 5.60 Å². The van der Waals surface area contributed by atoms with Crippen LogP contribution in [0, 0.1) is 0 Å². The summed E-state index contributed by atoms with van der Waals surface area (Å²) in [5.41, 5.74) is 0.351. The Labute approximate surface area is 112 Å². The number of rotatable bonds is 2. The fraction of sp³-hybridized carbons (Fsp3) is 1.00. The molecule has 2 aliphatic heterocycles. The molecule has 0 amide bonds. The van der Waals surface area contributed by atoms with Gasteiger partial charge in [0.2, 0.25) is 0 Å². The zero-order chi connectivity index (χ0) is 13.2. The van der Waals surface area contributed by atoms with Gasteiger partial charge in [0.25, 0.3) is 0 Å². The predicted molar refractivity (Wildman–Crippen MR) is 75.9 cm³/mol. The molecule has 3 heteroatoms. The lowest BCUT2D eigenvalue weighted by atomic mass is 9.91. The fourth-order valence-electron chi connectivity index (χ4n) is 3.32. The SMILES string of the molecule is CCC1(C)CN(C2CCOC(C)(C)C2)CCCN1. The summed E-state index contributed by atoms with van der Waals surface area (Å²) in [5, 5.41) is 3.72. The number of ether oxygens (including phenoxy) is 1. The molecule has 1 N–H and O–H groups in total. The second-order valence-electron chi connectivity index (χ2n) is 6.92. The first-order valence-corrected chi connectivity index (χ1v) is 7.57. The molecule has 2 atom stereocenters. The zero-order valence-electron chi connectivity index (χ0n) is 12.6. The molecule has 0 aliphatic carbocycles. The molecule has 2 rings (SSSR count). The summed E-state index contributed by atoms with van der Waals surface area (Å²) in [6.07, 6.45) is 4.85. The molecule has 0 aromatic heterocycles. The van der Waals surface area contributed by atoms with Gasteiger partial charge in [0.1, 0.15) is 0 Å². The molecule has 2 aliphatic rings. The van der Waals surface area contributed by atoms with Crippen molar-refractivity contribution in [2.75, 3.05) is 26.2 Å². The molecule has 2 fully saturated rings. The lowest BCUT2D eigenvalue weighted by Gasteiger charge is -2.43. The third kappa shape index (κ3) is 3.46. The minimum Gasteiger partial charge on any atom is -0.375 e. The lowest BCUT2D eigenvalue weighted by Crippen LogP contribution is -2.53. The summed E-state index contributed by atoms with van der Waals surface area (Å²) in [6.45, 7) is 13.6. The van der Waals surface area contributed by atoms with Crippen LogP contribution in [0.3, 0.4) is 0 Å². The van der Waals surface area contributed by atoms with Crippen molar-refractivity contribution >= 4 is 0 Å². The van der Waals surface area contributed by atoms with E-state index in [1.807, 2.05) is 0 Å². The van der Waals surface area contributed by atoms with Crippen LogP contribution in [-0.2, 0) is 4.74 Å². The number of hydrogen-bond donors (Lipinski definition) is 1. The van der Waals surface area contributed by atoms with Gasteiger partial charge in [-0.1, -0.05) is 6.92 Å². The normalized spacial score (nSPS) is 38.3. The number of nitrogens with one attached hydrogen (secondary N) is 1. The maximum absolute atomic E-state index is 5.85. The molecule has 18 heavy (non-hydrogen) atoms. The van der Waals surface area contributed by atoms with E-state index in [1.165, 1.54) is 38.8 Å². The van der Waals surface area contributed by atoms with Crippen molar-refractivity contribution in [1.82, 2.24) is 10.2 Å². The van der Waals surface area contributed by atoms with Gasteiger partial charge in [-0.2, -0.15) is 0 Å². The Morgan fingerprint density at radius 1 is 1.33 bits per heavy atom. The average Bonchev–Trinajstić information content (AvgIpc) is 2.51.